The van der Waals surface area contributed by atoms with Crippen molar-refractivity contribution in [2.24, 2.45) is 17.8 Å². The van der Waals surface area contributed by atoms with E-state index in [0.29, 0.717) is 11.8 Å². The van der Waals surface area contributed by atoms with Gasteiger partial charge in [0.25, 0.3) is 0 Å². The van der Waals surface area contributed by atoms with Crippen molar-refractivity contribution >= 4 is 5.91 Å². The van der Waals surface area contributed by atoms with E-state index in [4.69, 9.17) is 5.26 Å². The number of hydrogen-bond acceptors (Lipinski definition) is 2. The predicted molar refractivity (Wildman–Crippen MR) is 58.9 cm³/mol. The van der Waals surface area contributed by atoms with Crippen LogP contribution in [0.15, 0.2) is 0 Å². The summed E-state index contributed by atoms with van der Waals surface area (Å²) in [5, 5.41) is 11.5. The molecule has 0 aliphatic heterocycles. The number of carbonyl (C=O) groups is 1. The Labute approximate surface area is 91.9 Å². The Bertz CT molecular complexity index is 257. The van der Waals surface area contributed by atoms with E-state index in [1.165, 1.54) is 25.7 Å². The molecule has 1 fully saturated rings. The summed E-state index contributed by atoms with van der Waals surface area (Å²) in [5.41, 5.74) is 0. The molecule has 0 aromatic heterocycles. The number of hydrogen-bond donors (Lipinski definition) is 1. The van der Waals surface area contributed by atoms with Gasteiger partial charge >= 0.3 is 0 Å². The quantitative estimate of drug-likeness (QED) is 0.772. The first-order valence-corrected chi connectivity index (χ1v) is 5.82. The van der Waals surface area contributed by atoms with Gasteiger partial charge in [-0.05, 0) is 25.2 Å². The van der Waals surface area contributed by atoms with Crippen molar-refractivity contribution in [2.45, 2.75) is 39.5 Å². The molecule has 1 amide bonds. The number of rotatable bonds is 3. The molecular weight excluding hydrogens is 188 g/mol. The first-order valence-electron chi connectivity index (χ1n) is 5.82. The molecule has 1 N–H and O–H groups in total. The van der Waals surface area contributed by atoms with Gasteiger partial charge < -0.3 is 5.32 Å². The van der Waals surface area contributed by atoms with Crippen molar-refractivity contribution in [2.75, 3.05) is 6.54 Å². The highest BCUT2D eigenvalue weighted by atomic mass is 16.1. The fourth-order valence-electron chi connectivity index (χ4n) is 2.14. The molecule has 3 atom stereocenters. The molecule has 3 heteroatoms. The van der Waals surface area contributed by atoms with E-state index in [2.05, 4.69) is 12.2 Å². The van der Waals surface area contributed by atoms with Crippen molar-refractivity contribution < 1.29 is 4.79 Å². The average Bonchev–Trinajstić information content (AvgIpc) is 2.26. The van der Waals surface area contributed by atoms with Crippen molar-refractivity contribution in [3.63, 3.8) is 0 Å². The third-order valence-electron chi connectivity index (χ3n) is 3.41. The van der Waals surface area contributed by atoms with Crippen LogP contribution in [0.2, 0.25) is 0 Å². The number of carbonyl (C=O) groups excluding carboxylic acids is 1. The summed E-state index contributed by atoms with van der Waals surface area (Å²) in [4.78, 5) is 11.4. The van der Waals surface area contributed by atoms with Crippen LogP contribution in [0.4, 0.5) is 0 Å². The number of amides is 1. The molecule has 0 heterocycles. The van der Waals surface area contributed by atoms with Gasteiger partial charge in [0.05, 0.1) is 6.07 Å². The van der Waals surface area contributed by atoms with Gasteiger partial charge in [0.2, 0.25) is 5.91 Å². The van der Waals surface area contributed by atoms with Gasteiger partial charge in [-0.2, -0.15) is 5.26 Å². The molecule has 0 saturated heterocycles. The second-order valence-electron chi connectivity index (χ2n) is 4.62. The monoisotopic (exact) mass is 208 g/mol. The molecule has 1 aliphatic carbocycles. The Morgan fingerprint density at radius 2 is 2.20 bits per heavy atom. The third kappa shape index (κ3) is 3.54. The maximum Gasteiger partial charge on any atom is 0.237 e. The minimum Gasteiger partial charge on any atom is -0.355 e. The zero-order valence-corrected chi connectivity index (χ0v) is 9.62. The van der Waals surface area contributed by atoms with Crippen LogP contribution in [0.3, 0.4) is 0 Å². The standard InChI is InChI=1S/C12H20N2O/c1-9-5-3-4-6-11(9)8-14-12(15)10(2)7-13/h9-11H,3-6,8H2,1-2H3,(H,14,15). The van der Waals surface area contributed by atoms with E-state index >= 15 is 0 Å². The lowest BCUT2D eigenvalue weighted by Gasteiger charge is -2.28. The number of nitrogens with zero attached hydrogens (tertiary/aromatic N) is 1. The van der Waals surface area contributed by atoms with Crippen molar-refractivity contribution in [1.82, 2.24) is 5.32 Å². The van der Waals surface area contributed by atoms with Crippen LogP contribution in [0.25, 0.3) is 0 Å². The summed E-state index contributed by atoms with van der Waals surface area (Å²) in [7, 11) is 0. The molecule has 84 valence electrons. The first kappa shape index (κ1) is 12.0. The van der Waals surface area contributed by atoms with Crippen LogP contribution in [0.1, 0.15) is 39.5 Å². The zero-order valence-electron chi connectivity index (χ0n) is 9.62. The molecule has 15 heavy (non-hydrogen) atoms. The maximum atomic E-state index is 11.4. The second-order valence-corrected chi connectivity index (χ2v) is 4.62. The maximum absolute atomic E-state index is 11.4. The van der Waals surface area contributed by atoms with Crippen LogP contribution in [0, 0.1) is 29.1 Å². The Morgan fingerprint density at radius 1 is 1.53 bits per heavy atom. The summed E-state index contributed by atoms with van der Waals surface area (Å²) >= 11 is 0. The third-order valence-corrected chi connectivity index (χ3v) is 3.41. The van der Waals surface area contributed by atoms with Gasteiger partial charge in [-0.1, -0.05) is 26.2 Å². The smallest absolute Gasteiger partial charge is 0.237 e. The van der Waals surface area contributed by atoms with Gasteiger partial charge in [-0.3, -0.25) is 4.79 Å². The lowest BCUT2D eigenvalue weighted by Crippen LogP contribution is -2.35. The lowest BCUT2D eigenvalue weighted by molar-refractivity contribution is -0.123. The Hall–Kier alpha value is -1.04. The normalized spacial score (nSPS) is 27.8. The molecule has 1 aliphatic rings. The van der Waals surface area contributed by atoms with E-state index in [1.54, 1.807) is 6.92 Å². The Kier molecular flexibility index (Phi) is 4.61. The lowest BCUT2D eigenvalue weighted by atomic mass is 9.80. The first-order chi connectivity index (χ1) is 7.15. The highest BCUT2D eigenvalue weighted by Gasteiger charge is 2.22. The number of nitriles is 1. The number of nitrogens with one attached hydrogen (secondary N) is 1. The predicted octanol–water partition coefficient (Wildman–Crippen LogP) is 2.09. The van der Waals surface area contributed by atoms with Crippen molar-refractivity contribution in [1.29, 1.82) is 5.26 Å². The summed E-state index contributed by atoms with van der Waals surface area (Å²) in [6, 6.07) is 1.95. The van der Waals surface area contributed by atoms with Crippen LogP contribution in [0.5, 0.6) is 0 Å². The van der Waals surface area contributed by atoms with Crippen LogP contribution < -0.4 is 5.32 Å². The van der Waals surface area contributed by atoms with E-state index < -0.39 is 5.92 Å². The van der Waals surface area contributed by atoms with Crippen LogP contribution >= 0.6 is 0 Å². The van der Waals surface area contributed by atoms with Gasteiger partial charge in [0, 0.05) is 6.54 Å². The summed E-state index contributed by atoms with van der Waals surface area (Å²) in [5.74, 6) is 0.657. The van der Waals surface area contributed by atoms with Crippen LogP contribution in [-0.4, -0.2) is 12.5 Å². The van der Waals surface area contributed by atoms with Crippen LogP contribution in [-0.2, 0) is 4.79 Å². The molecule has 0 radical (unpaired) electrons. The van der Waals surface area contributed by atoms with Crippen molar-refractivity contribution in [3.05, 3.63) is 0 Å². The van der Waals surface area contributed by atoms with E-state index in [9.17, 15) is 4.79 Å². The highest BCUT2D eigenvalue weighted by Crippen LogP contribution is 2.28. The summed E-state index contributed by atoms with van der Waals surface area (Å²) in [6.45, 7) is 4.63. The molecule has 1 saturated carbocycles. The molecule has 3 nitrogen and oxygen atoms in total. The molecule has 1 rings (SSSR count). The average molecular weight is 208 g/mol. The molecular formula is C12H20N2O. The molecule has 3 unspecified atom stereocenters. The molecule has 0 aromatic carbocycles. The van der Waals surface area contributed by atoms with Gasteiger partial charge in [0.15, 0.2) is 0 Å². The van der Waals surface area contributed by atoms with Gasteiger partial charge in [0.1, 0.15) is 5.92 Å². The van der Waals surface area contributed by atoms with E-state index in [-0.39, 0.29) is 5.91 Å². The summed E-state index contributed by atoms with van der Waals surface area (Å²) < 4.78 is 0. The van der Waals surface area contributed by atoms with Crippen molar-refractivity contribution in [3.8, 4) is 6.07 Å². The highest BCUT2D eigenvalue weighted by molar-refractivity contribution is 5.80. The van der Waals surface area contributed by atoms with Gasteiger partial charge in [-0.25, -0.2) is 0 Å². The second kappa shape index (κ2) is 5.75. The SMILES string of the molecule is CC(C#N)C(=O)NCC1CCCCC1C. The minimum atomic E-state index is -0.524. The van der Waals surface area contributed by atoms with E-state index in [1.807, 2.05) is 6.07 Å². The molecule has 0 bridgehead atoms. The molecule has 0 aromatic rings. The fraction of sp³-hybridized carbons (Fsp3) is 0.833. The largest absolute Gasteiger partial charge is 0.355 e. The molecule has 0 spiro atoms. The Morgan fingerprint density at radius 3 is 2.80 bits per heavy atom. The fourth-order valence-corrected chi connectivity index (χ4v) is 2.14. The summed E-state index contributed by atoms with van der Waals surface area (Å²) in [6.07, 6.45) is 5.08. The zero-order chi connectivity index (χ0) is 11.3. The van der Waals surface area contributed by atoms with E-state index in [0.717, 1.165) is 6.54 Å². The Balaban J connectivity index is 2.30. The minimum absolute atomic E-state index is 0.129. The topological polar surface area (TPSA) is 52.9 Å². The van der Waals surface area contributed by atoms with Gasteiger partial charge in [-0.15, -0.1) is 0 Å².